The summed E-state index contributed by atoms with van der Waals surface area (Å²) in [6, 6.07) is 1.16. The molecule has 112 valence electrons. The Labute approximate surface area is 123 Å². The van der Waals surface area contributed by atoms with Gasteiger partial charge in [-0.1, -0.05) is 0 Å². The molecule has 1 aromatic heterocycles. The summed E-state index contributed by atoms with van der Waals surface area (Å²) in [5, 5.41) is 18.8. The van der Waals surface area contributed by atoms with E-state index in [-0.39, 0.29) is 0 Å². The Morgan fingerprint density at radius 3 is 2.85 bits per heavy atom. The zero-order valence-electron chi connectivity index (χ0n) is 10.7. The van der Waals surface area contributed by atoms with Crippen molar-refractivity contribution in [3.05, 3.63) is 33.1 Å². The van der Waals surface area contributed by atoms with Gasteiger partial charge in [0.1, 0.15) is 17.1 Å². The van der Waals surface area contributed by atoms with E-state index >= 15 is 0 Å². The molecule has 0 aliphatic carbocycles. The first-order chi connectivity index (χ1) is 9.45. The van der Waals surface area contributed by atoms with Crippen molar-refractivity contribution >= 4 is 23.4 Å². The molecule has 20 heavy (non-hydrogen) atoms. The van der Waals surface area contributed by atoms with Gasteiger partial charge in [-0.15, -0.1) is 11.6 Å². The highest BCUT2D eigenvalue weighted by Crippen LogP contribution is 2.40. The smallest absolute Gasteiger partial charge is 0.330 e. The summed E-state index contributed by atoms with van der Waals surface area (Å²) < 4.78 is 6.76. The van der Waals surface area contributed by atoms with Crippen LogP contribution < -0.4 is 11.2 Å². The number of H-pyrrole nitrogens is 1. The molecule has 0 bridgehead atoms. The Hall–Kier alpha value is -0.800. The molecule has 1 aliphatic heterocycles. The molecule has 0 saturated carbocycles. The van der Waals surface area contributed by atoms with Gasteiger partial charge in [-0.05, 0) is 6.26 Å². The van der Waals surface area contributed by atoms with Gasteiger partial charge in [-0.3, -0.25) is 14.3 Å². The van der Waals surface area contributed by atoms with Crippen LogP contribution in [0, 0.1) is 0 Å². The number of hydrogen-bond donors (Lipinski definition) is 3. The summed E-state index contributed by atoms with van der Waals surface area (Å²) in [7, 11) is 0. The Bertz CT molecular complexity index is 591. The van der Waals surface area contributed by atoms with Gasteiger partial charge in [0.25, 0.3) is 5.56 Å². The van der Waals surface area contributed by atoms with E-state index < -0.39 is 41.2 Å². The summed E-state index contributed by atoms with van der Waals surface area (Å²) >= 11 is 7.51. The lowest BCUT2D eigenvalue weighted by Crippen LogP contribution is -2.47. The number of nitrogens with one attached hydrogen (secondary N) is 1. The molecule has 2 heterocycles. The molecule has 0 aromatic carbocycles. The van der Waals surface area contributed by atoms with Crippen LogP contribution in [0.3, 0.4) is 0 Å². The van der Waals surface area contributed by atoms with Crippen molar-refractivity contribution in [2.75, 3.05) is 18.6 Å². The van der Waals surface area contributed by atoms with Crippen LogP contribution in [0.25, 0.3) is 0 Å². The number of aromatic amines is 1. The number of hydrogen-bond acceptors (Lipinski definition) is 6. The maximum atomic E-state index is 11.8. The van der Waals surface area contributed by atoms with E-state index in [2.05, 4.69) is 4.98 Å². The molecule has 1 unspecified atom stereocenters. The topological polar surface area (TPSA) is 105 Å². The second-order valence-electron chi connectivity index (χ2n) is 4.57. The van der Waals surface area contributed by atoms with Crippen LogP contribution in [-0.2, 0) is 4.74 Å². The third kappa shape index (κ3) is 2.53. The summed E-state index contributed by atoms with van der Waals surface area (Å²) in [5.74, 6) is 0.322. The summed E-state index contributed by atoms with van der Waals surface area (Å²) in [6.45, 7) is -0.424. The van der Waals surface area contributed by atoms with Crippen molar-refractivity contribution in [2.45, 2.75) is 23.3 Å². The van der Waals surface area contributed by atoms with Gasteiger partial charge in [0, 0.05) is 18.0 Å². The van der Waals surface area contributed by atoms with E-state index in [4.69, 9.17) is 16.3 Å². The molecule has 1 fully saturated rings. The molecule has 1 saturated heterocycles. The molecule has 1 aromatic rings. The highest BCUT2D eigenvalue weighted by atomic mass is 35.5. The first kappa shape index (κ1) is 15.6. The van der Waals surface area contributed by atoms with Crippen molar-refractivity contribution in [1.29, 1.82) is 0 Å². The average Bonchev–Trinajstić information content (AvgIpc) is 2.65. The van der Waals surface area contributed by atoms with E-state index in [1.165, 1.54) is 18.0 Å². The molecule has 0 radical (unpaired) electrons. The van der Waals surface area contributed by atoms with E-state index in [1.807, 2.05) is 0 Å². The van der Waals surface area contributed by atoms with Crippen LogP contribution >= 0.6 is 23.4 Å². The van der Waals surface area contributed by atoms with Crippen molar-refractivity contribution in [1.82, 2.24) is 9.55 Å². The lowest BCUT2D eigenvalue weighted by atomic mass is 10.00. The first-order valence-corrected chi connectivity index (χ1v) is 7.69. The molecule has 3 N–H and O–H groups in total. The number of rotatable bonds is 4. The molecular weight excluding hydrogens is 308 g/mol. The van der Waals surface area contributed by atoms with E-state index in [9.17, 15) is 19.8 Å². The highest BCUT2D eigenvalue weighted by Gasteiger charge is 2.54. The van der Waals surface area contributed by atoms with E-state index in [0.717, 1.165) is 10.6 Å². The predicted octanol–water partition coefficient (Wildman–Crippen LogP) is -0.872. The number of aromatic nitrogens is 2. The molecule has 9 heteroatoms. The number of aliphatic hydroxyl groups is 2. The van der Waals surface area contributed by atoms with Crippen LogP contribution in [0.4, 0.5) is 0 Å². The molecule has 7 nitrogen and oxygen atoms in total. The standard InChI is InChI=1S/C11H15ClN2O5S/c1-20-5-11(4-15)8(17)7(12)9(19-11)14-3-2-6(16)13-10(14)18/h2-3,7-9,15,17H,4-5H2,1H3,(H,13,16,18)/t7-,8+,9?,11+/m1/s1. The van der Waals surface area contributed by atoms with Gasteiger partial charge < -0.3 is 14.9 Å². The van der Waals surface area contributed by atoms with Gasteiger partial charge in [-0.2, -0.15) is 11.8 Å². The van der Waals surface area contributed by atoms with Gasteiger partial charge in [0.05, 0.1) is 6.61 Å². The minimum absolute atomic E-state index is 0.322. The van der Waals surface area contributed by atoms with Crippen LogP contribution in [0.1, 0.15) is 6.23 Å². The Morgan fingerprint density at radius 2 is 2.30 bits per heavy atom. The average molecular weight is 323 g/mol. The van der Waals surface area contributed by atoms with E-state index in [1.54, 1.807) is 6.26 Å². The molecule has 0 spiro atoms. The lowest BCUT2D eigenvalue weighted by molar-refractivity contribution is -0.113. The largest absolute Gasteiger partial charge is 0.393 e. The van der Waals surface area contributed by atoms with Gasteiger partial charge in [0.15, 0.2) is 6.23 Å². The second-order valence-corrected chi connectivity index (χ2v) is 5.94. The zero-order chi connectivity index (χ0) is 14.9. The Morgan fingerprint density at radius 1 is 1.60 bits per heavy atom. The summed E-state index contributed by atoms with van der Waals surface area (Å²) in [5.41, 5.74) is -2.45. The number of thioether (sulfide) groups is 1. The third-order valence-corrected chi connectivity index (χ3v) is 4.48. The minimum Gasteiger partial charge on any atom is -0.393 e. The number of alkyl halides is 1. The Kier molecular flexibility index (Phi) is 4.60. The SMILES string of the molecule is CSC[C@]1(CO)OC(n2ccc(=O)[nH]c2=O)[C@H](Cl)[C@@H]1O. The molecular formula is C11H15ClN2O5S. The lowest BCUT2D eigenvalue weighted by Gasteiger charge is -2.29. The van der Waals surface area contributed by atoms with Gasteiger partial charge in [0.2, 0.25) is 0 Å². The number of nitrogens with zero attached hydrogens (tertiary/aromatic N) is 1. The van der Waals surface area contributed by atoms with Crippen LogP contribution in [0.2, 0.25) is 0 Å². The van der Waals surface area contributed by atoms with Gasteiger partial charge in [-0.25, -0.2) is 4.79 Å². The molecule has 1 aliphatic rings. The van der Waals surface area contributed by atoms with Crippen molar-refractivity contribution < 1.29 is 14.9 Å². The number of aliphatic hydroxyl groups excluding tert-OH is 2. The normalized spacial score (nSPS) is 33.5. The van der Waals surface area contributed by atoms with Crippen LogP contribution in [0.15, 0.2) is 21.9 Å². The van der Waals surface area contributed by atoms with Crippen molar-refractivity contribution in [2.24, 2.45) is 0 Å². The van der Waals surface area contributed by atoms with Crippen molar-refractivity contribution in [3.63, 3.8) is 0 Å². The monoisotopic (exact) mass is 322 g/mol. The van der Waals surface area contributed by atoms with Crippen molar-refractivity contribution in [3.8, 4) is 0 Å². The van der Waals surface area contributed by atoms with E-state index in [0.29, 0.717) is 5.75 Å². The van der Waals surface area contributed by atoms with Gasteiger partial charge >= 0.3 is 5.69 Å². The fourth-order valence-electron chi connectivity index (χ4n) is 2.20. The highest BCUT2D eigenvalue weighted by molar-refractivity contribution is 7.98. The third-order valence-electron chi connectivity index (χ3n) is 3.25. The van der Waals surface area contributed by atoms with Crippen LogP contribution in [-0.4, -0.2) is 55.5 Å². The summed E-state index contributed by atoms with van der Waals surface area (Å²) in [6.07, 6.45) is 0.956. The fraction of sp³-hybridized carbons (Fsp3) is 0.636. The minimum atomic E-state index is -1.23. The summed E-state index contributed by atoms with van der Waals surface area (Å²) in [4.78, 5) is 24.9. The molecule has 4 atom stereocenters. The maximum absolute atomic E-state index is 11.8. The first-order valence-electron chi connectivity index (χ1n) is 5.86. The quantitative estimate of drug-likeness (QED) is 0.622. The number of halogens is 1. The maximum Gasteiger partial charge on any atom is 0.330 e. The van der Waals surface area contributed by atoms with Crippen LogP contribution in [0.5, 0.6) is 0 Å². The zero-order valence-corrected chi connectivity index (χ0v) is 12.2. The molecule has 2 rings (SSSR count). The Balaban J connectivity index is 2.39. The fourth-order valence-corrected chi connectivity index (χ4v) is 3.42. The second kappa shape index (κ2) is 5.90. The predicted molar refractivity (Wildman–Crippen MR) is 75.3 cm³/mol. The molecule has 0 amide bonds. The number of ether oxygens (including phenoxy) is 1.